The zero-order valence-electron chi connectivity index (χ0n) is 21.8. The molecule has 0 aromatic heterocycles. The van der Waals surface area contributed by atoms with Crippen molar-refractivity contribution in [3.63, 3.8) is 0 Å². The average Bonchev–Trinajstić information content (AvgIpc) is 2.95. The zero-order chi connectivity index (χ0) is 28.2. The van der Waals surface area contributed by atoms with Gasteiger partial charge in [-0.05, 0) is 48.2 Å². The predicted molar refractivity (Wildman–Crippen MR) is 153 cm³/mol. The number of carbonyl (C=O) groups is 2. The van der Waals surface area contributed by atoms with Gasteiger partial charge >= 0.3 is 6.09 Å². The van der Waals surface area contributed by atoms with Crippen molar-refractivity contribution in [1.82, 2.24) is 5.32 Å². The fourth-order valence-corrected chi connectivity index (χ4v) is 5.35. The third-order valence-electron chi connectivity index (χ3n) is 7.20. The molecule has 2 aliphatic heterocycles. The van der Waals surface area contributed by atoms with Gasteiger partial charge in [0.2, 0.25) is 5.91 Å². The van der Waals surface area contributed by atoms with Crippen LogP contribution in [0.25, 0.3) is 16.7 Å². The maximum absolute atomic E-state index is 14.6. The van der Waals surface area contributed by atoms with Crippen molar-refractivity contribution in [3.8, 4) is 11.1 Å². The van der Waals surface area contributed by atoms with Gasteiger partial charge in [0.05, 0.1) is 29.4 Å². The van der Waals surface area contributed by atoms with E-state index in [9.17, 15) is 18.4 Å². The second kappa shape index (κ2) is 11.9. The highest BCUT2D eigenvalue weighted by molar-refractivity contribution is 6.31. The number of hydrogen-bond donors (Lipinski definition) is 3. The summed E-state index contributed by atoms with van der Waals surface area (Å²) in [5.41, 5.74) is 4.09. The first-order valence-corrected chi connectivity index (χ1v) is 13.4. The Labute approximate surface area is 236 Å². The molecule has 5 rings (SSSR count). The van der Waals surface area contributed by atoms with Crippen LogP contribution in [0.4, 0.5) is 25.0 Å². The van der Waals surface area contributed by atoms with E-state index in [4.69, 9.17) is 11.6 Å². The van der Waals surface area contributed by atoms with Gasteiger partial charge in [-0.25, -0.2) is 13.6 Å². The van der Waals surface area contributed by atoms with Gasteiger partial charge in [0, 0.05) is 35.4 Å². The summed E-state index contributed by atoms with van der Waals surface area (Å²) in [6.07, 6.45) is 7.31. The van der Waals surface area contributed by atoms with E-state index < -0.39 is 17.7 Å². The molecule has 2 aliphatic rings. The number of carbonyl (C=O) groups excluding carboxylic acids is 2. The molecule has 6 nitrogen and oxygen atoms in total. The van der Waals surface area contributed by atoms with Crippen molar-refractivity contribution in [3.05, 3.63) is 101 Å². The van der Waals surface area contributed by atoms with Crippen LogP contribution in [-0.2, 0) is 9.53 Å². The first kappa shape index (κ1) is 27.4. The molecule has 206 valence electrons. The molecule has 2 atom stereocenters. The molecular weight excluding hydrogens is 536 g/mol. The maximum Gasteiger partial charge on any atom is 0.411 e. The monoisotopic (exact) mass is 563 g/mol. The number of ether oxygens (including phenoxy) is 1. The van der Waals surface area contributed by atoms with Crippen molar-refractivity contribution in [1.29, 1.82) is 0 Å². The Morgan fingerprint density at radius 2 is 1.95 bits per heavy atom. The van der Waals surface area contributed by atoms with E-state index in [1.165, 1.54) is 13.2 Å². The van der Waals surface area contributed by atoms with Gasteiger partial charge in [-0.3, -0.25) is 10.1 Å². The molecule has 9 heteroatoms. The van der Waals surface area contributed by atoms with Gasteiger partial charge in [-0.1, -0.05) is 60.5 Å². The van der Waals surface area contributed by atoms with Crippen LogP contribution in [0.5, 0.6) is 0 Å². The Bertz CT molecular complexity index is 1520. The van der Waals surface area contributed by atoms with E-state index in [-0.39, 0.29) is 28.5 Å². The minimum absolute atomic E-state index is 0.0363. The molecular formula is C31H28ClF2N3O3. The summed E-state index contributed by atoms with van der Waals surface area (Å²) in [5, 5.41) is 8.83. The molecule has 0 spiro atoms. The smallest absolute Gasteiger partial charge is 0.411 e. The third-order valence-corrected chi connectivity index (χ3v) is 7.49. The molecule has 0 saturated carbocycles. The zero-order valence-corrected chi connectivity index (χ0v) is 22.5. The van der Waals surface area contributed by atoms with Crippen molar-refractivity contribution >= 4 is 40.5 Å². The molecule has 3 N–H and O–H groups in total. The number of amides is 2. The number of anilines is 2. The SMILES string of the molecule is COC(=O)Nc1ccc2c(c1)NC(=O)CCCCC(C1C=CC(c3c(F)ccc(Cl)c3F)=CN1)c1cccc-2c1. The Balaban J connectivity index is 1.47. The van der Waals surface area contributed by atoms with Crippen LogP contribution in [0.15, 0.2) is 72.9 Å². The second-order valence-electron chi connectivity index (χ2n) is 9.77. The van der Waals surface area contributed by atoms with E-state index in [1.54, 1.807) is 24.4 Å². The quantitative estimate of drug-likeness (QED) is 0.286. The summed E-state index contributed by atoms with van der Waals surface area (Å²) in [6, 6.07) is 15.6. The van der Waals surface area contributed by atoms with Crippen molar-refractivity contribution in [2.75, 3.05) is 17.7 Å². The minimum Gasteiger partial charge on any atom is -0.453 e. The van der Waals surface area contributed by atoms with Gasteiger partial charge < -0.3 is 15.4 Å². The summed E-state index contributed by atoms with van der Waals surface area (Å²) in [6.45, 7) is 0. The molecule has 3 aromatic rings. The Hall–Kier alpha value is -4.17. The molecule has 40 heavy (non-hydrogen) atoms. The second-order valence-corrected chi connectivity index (χ2v) is 10.2. The first-order chi connectivity index (χ1) is 19.3. The number of dihydropyridines is 1. The van der Waals surface area contributed by atoms with E-state index in [2.05, 4.69) is 32.8 Å². The van der Waals surface area contributed by atoms with Crippen LogP contribution < -0.4 is 16.0 Å². The normalized spacial score (nSPS) is 18.7. The van der Waals surface area contributed by atoms with Crippen molar-refractivity contribution in [2.45, 2.75) is 37.6 Å². The Morgan fingerprint density at radius 3 is 2.73 bits per heavy atom. The highest BCUT2D eigenvalue weighted by atomic mass is 35.5. The van der Waals surface area contributed by atoms with Gasteiger partial charge in [-0.15, -0.1) is 0 Å². The van der Waals surface area contributed by atoms with Crippen molar-refractivity contribution < 1.29 is 23.1 Å². The topological polar surface area (TPSA) is 79.5 Å². The summed E-state index contributed by atoms with van der Waals surface area (Å²) in [4.78, 5) is 24.5. The lowest BCUT2D eigenvalue weighted by Crippen LogP contribution is -2.32. The fourth-order valence-electron chi connectivity index (χ4n) is 5.19. The summed E-state index contributed by atoms with van der Waals surface area (Å²) >= 11 is 5.90. The molecule has 2 unspecified atom stereocenters. The van der Waals surface area contributed by atoms with E-state index >= 15 is 0 Å². The van der Waals surface area contributed by atoms with Crippen molar-refractivity contribution in [2.24, 2.45) is 0 Å². The first-order valence-electron chi connectivity index (χ1n) is 13.0. The Morgan fingerprint density at radius 1 is 1.10 bits per heavy atom. The van der Waals surface area contributed by atoms with E-state index in [0.717, 1.165) is 35.6 Å². The molecule has 2 bridgehead atoms. The van der Waals surface area contributed by atoms with Crippen LogP contribution in [0.1, 0.15) is 42.7 Å². The molecule has 0 radical (unpaired) electrons. The molecule has 2 heterocycles. The lowest BCUT2D eigenvalue weighted by molar-refractivity contribution is -0.116. The lowest BCUT2D eigenvalue weighted by Gasteiger charge is -2.29. The minimum atomic E-state index is -0.793. The number of fused-ring (bicyclic) bond motifs is 4. The lowest BCUT2D eigenvalue weighted by atomic mass is 9.83. The predicted octanol–water partition coefficient (Wildman–Crippen LogP) is 7.63. The molecule has 2 amide bonds. The number of benzene rings is 3. The highest BCUT2D eigenvalue weighted by Gasteiger charge is 2.25. The van der Waals surface area contributed by atoms with Gasteiger partial charge in [0.15, 0.2) is 5.82 Å². The maximum atomic E-state index is 14.6. The molecule has 0 saturated heterocycles. The number of halogens is 3. The largest absolute Gasteiger partial charge is 0.453 e. The molecule has 0 aliphatic carbocycles. The summed E-state index contributed by atoms with van der Waals surface area (Å²) in [5.74, 6) is -1.55. The number of methoxy groups -OCH3 is 1. The van der Waals surface area contributed by atoms with Gasteiger partial charge in [-0.2, -0.15) is 0 Å². The van der Waals surface area contributed by atoms with Crippen LogP contribution in [0.2, 0.25) is 5.02 Å². The third kappa shape index (κ3) is 5.87. The van der Waals surface area contributed by atoms with Crippen LogP contribution in [-0.4, -0.2) is 25.2 Å². The van der Waals surface area contributed by atoms with Crippen LogP contribution in [0, 0.1) is 11.6 Å². The van der Waals surface area contributed by atoms with Crippen LogP contribution >= 0.6 is 11.6 Å². The van der Waals surface area contributed by atoms with Crippen LogP contribution in [0.3, 0.4) is 0 Å². The number of allylic oxidation sites excluding steroid dienone is 2. The number of nitrogens with one attached hydrogen (secondary N) is 3. The van der Waals surface area contributed by atoms with E-state index in [0.29, 0.717) is 29.8 Å². The van der Waals surface area contributed by atoms with E-state index in [1.807, 2.05) is 24.3 Å². The average molecular weight is 564 g/mol. The fraction of sp³-hybridized carbons (Fsp3) is 0.226. The number of rotatable bonds is 3. The highest BCUT2D eigenvalue weighted by Crippen LogP contribution is 2.37. The summed E-state index contributed by atoms with van der Waals surface area (Å²) in [7, 11) is 1.29. The van der Waals surface area contributed by atoms with Gasteiger partial charge in [0.25, 0.3) is 0 Å². The standard InChI is InChI=1S/C31H28ClF2N3O3/c1-40-31(39)36-21-10-11-23-19-6-4-5-18(15-19)22(7-2-3-8-28(38)37-27(23)16-21)26-14-9-20(17-35-26)29-25(33)13-12-24(32)30(29)34/h4-6,9-17,22,26,35H,2-3,7-8H2,1H3,(H,36,39)(H,37,38). The summed E-state index contributed by atoms with van der Waals surface area (Å²) < 4.78 is 33.8. The number of hydrogen-bond acceptors (Lipinski definition) is 4. The Kier molecular flexibility index (Phi) is 8.16. The van der Waals surface area contributed by atoms with Gasteiger partial charge in [0.1, 0.15) is 5.82 Å². The molecule has 0 fully saturated rings. The molecule has 3 aromatic carbocycles.